The fourth-order valence-corrected chi connectivity index (χ4v) is 3.29. The molecular formula is C15H16N2O3S. The van der Waals surface area contributed by atoms with Gasteiger partial charge in [-0.1, -0.05) is 0 Å². The standard InChI is InChI=1S/C15H16N2O3S/c1-19-9-14-16-8-13(21-14)15(18)17-6-5-10-7-11(20-2)3-4-12(10)17/h3-4,7-8H,5-6,9H2,1-2H3. The summed E-state index contributed by atoms with van der Waals surface area (Å²) in [6, 6.07) is 5.81. The first-order valence-corrected chi connectivity index (χ1v) is 7.47. The smallest absolute Gasteiger partial charge is 0.270 e. The number of thiazole rings is 1. The summed E-state index contributed by atoms with van der Waals surface area (Å²) >= 11 is 1.38. The summed E-state index contributed by atoms with van der Waals surface area (Å²) in [4.78, 5) is 19.3. The minimum absolute atomic E-state index is 0.00114. The van der Waals surface area contributed by atoms with Crippen molar-refractivity contribution in [3.63, 3.8) is 0 Å². The van der Waals surface area contributed by atoms with Crippen LogP contribution in [0, 0.1) is 0 Å². The molecule has 0 saturated carbocycles. The van der Waals surface area contributed by atoms with Gasteiger partial charge in [-0.25, -0.2) is 4.98 Å². The van der Waals surface area contributed by atoms with Gasteiger partial charge in [0.2, 0.25) is 0 Å². The Labute approximate surface area is 127 Å². The van der Waals surface area contributed by atoms with Gasteiger partial charge in [0, 0.05) is 19.3 Å². The van der Waals surface area contributed by atoms with Crippen molar-refractivity contribution < 1.29 is 14.3 Å². The Hall–Kier alpha value is -1.92. The first kappa shape index (κ1) is 14.0. The second-order valence-corrected chi connectivity index (χ2v) is 5.87. The highest BCUT2D eigenvalue weighted by Crippen LogP contribution is 2.32. The maximum absolute atomic E-state index is 12.6. The molecule has 0 saturated heterocycles. The number of anilines is 1. The minimum Gasteiger partial charge on any atom is -0.497 e. The summed E-state index contributed by atoms with van der Waals surface area (Å²) < 4.78 is 10.3. The molecule has 1 amide bonds. The zero-order valence-corrected chi connectivity index (χ0v) is 12.8. The molecule has 0 spiro atoms. The van der Waals surface area contributed by atoms with Gasteiger partial charge < -0.3 is 14.4 Å². The Morgan fingerprint density at radius 1 is 1.43 bits per heavy atom. The molecular weight excluding hydrogens is 288 g/mol. The van der Waals surface area contributed by atoms with Crippen LogP contribution in [0.25, 0.3) is 0 Å². The largest absolute Gasteiger partial charge is 0.497 e. The molecule has 0 fully saturated rings. The maximum Gasteiger partial charge on any atom is 0.270 e. The first-order valence-electron chi connectivity index (χ1n) is 6.65. The van der Waals surface area contributed by atoms with Gasteiger partial charge in [0.15, 0.2) is 0 Å². The topological polar surface area (TPSA) is 51.7 Å². The van der Waals surface area contributed by atoms with Crippen LogP contribution in [0.15, 0.2) is 24.4 Å². The van der Waals surface area contributed by atoms with E-state index in [-0.39, 0.29) is 5.91 Å². The minimum atomic E-state index is -0.00114. The van der Waals surface area contributed by atoms with E-state index >= 15 is 0 Å². The van der Waals surface area contributed by atoms with Crippen LogP contribution in [-0.4, -0.2) is 31.7 Å². The van der Waals surface area contributed by atoms with Gasteiger partial charge >= 0.3 is 0 Å². The number of aromatic nitrogens is 1. The van der Waals surface area contributed by atoms with E-state index in [9.17, 15) is 4.79 Å². The molecule has 1 aromatic heterocycles. The van der Waals surface area contributed by atoms with Crippen molar-refractivity contribution in [2.24, 2.45) is 0 Å². The van der Waals surface area contributed by atoms with Gasteiger partial charge in [-0.3, -0.25) is 4.79 Å². The third kappa shape index (κ3) is 2.64. The summed E-state index contributed by atoms with van der Waals surface area (Å²) in [7, 11) is 3.27. The number of methoxy groups -OCH3 is 2. The Morgan fingerprint density at radius 3 is 3.05 bits per heavy atom. The zero-order valence-electron chi connectivity index (χ0n) is 12.0. The van der Waals surface area contributed by atoms with E-state index in [0.29, 0.717) is 18.0 Å². The highest BCUT2D eigenvalue weighted by atomic mass is 32.1. The SMILES string of the molecule is COCc1ncc(C(=O)N2CCc3cc(OC)ccc32)s1. The second kappa shape index (κ2) is 5.83. The number of fused-ring (bicyclic) bond motifs is 1. The number of ether oxygens (including phenoxy) is 2. The molecule has 21 heavy (non-hydrogen) atoms. The van der Waals surface area contributed by atoms with E-state index < -0.39 is 0 Å². The lowest BCUT2D eigenvalue weighted by molar-refractivity contribution is 0.0993. The Balaban J connectivity index is 1.84. The van der Waals surface area contributed by atoms with Crippen molar-refractivity contribution in [3.8, 4) is 5.75 Å². The lowest BCUT2D eigenvalue weighted by atomic mass is 10.1. The molecule has 2 heterocycles. The summed E-state index contributed by atoms with van der Waals surface area (Å²) in [5.74, 6) is 0.821. The first-order chi connectivity index (χ1) is 10.2. The molecule has 0 bridgehead atoms. The number of carbonyl (C=O) groups is 1. The summed E-state index contributed by atoms with van der Waals surface area (Å²) in [5.41, 5.74) is 2.10. The van der Waals surface area contributed by atoms with Crippen LogP contribution < -0.4 is 9.64 Å². The highest BCUT2D eigenvalue weighted by Gasteiger charge is 2.27. The van der Waals surface area contributed by atoms with Gasteiger partial charge in [-0.15, -0.1) is 11.3 Å². The molecule has 0 atom stereocenters. The van der Waals surface area contributed by atoms with E-state index in [2.05, 4.69) is 4.98 Å². The van der Waals surface area contributed by atoms with Crippen LogP contribution in [0.1, 0.15) is 20.2 Å². The van der Waals surface area contributed by atoms with Crippen molar-refractivity contribution in [3.05, 3.63) is 39.8 Å². The maximum atomic E-state index is 12.6. The van der Waals surface area contributed by atoms with E-state index in [0.717, 1.165) is 28.4 Å². The molecule has 110 valence electrons. The van der Waals surface area contributed by atoms with Gasteiger partial charge in [0.05, 0.1) is 19.9 Å². The fourth-order valence-electron chi connectivity index (χ4n) is 2.45. The number of amides is 1. The molecule has 5 nitrogen and oxygen atoms in total. The average Bonchev–Trinajstić information content (AvgIpc) is 3.13. The molecule has 2 aromatic rings. The molecule has 3 rings (SSSR count). The molecule has 1 aromatic carbocycles. The van der Waals surface area contributed by atoms with Crippen LogP contribution in [0.2, 0.25) is 0 Å². The predicted molar refractivity (Wildman–Crippen MR) is 81.2 cm³/mol. The normalized spacial score (nSPS) is 13.3. The summed E-state index contributed by atoms with van der Waals surface area (Å²) in [6.07, 6.45) is 2.48. The van der Waals surface area contributed by atoms with Crippen LogP contribution in [0.5, 0.6) is 5.75 Å². The van der Waals surface area contributed by atoms with Crippen molar-refractivity contribution in [2.45, 2.75) is 13.0 Å². The van der Waals surface area contributed by atoms with E-state index in [1.807, 2.05) is 18.2 Å². The van der Waals surface area contributed by atoms with Crippen molar-refractivity contribution in [2.75, 3.05) is 25.7 Å². The number of nitrogens with zero attached hydrogens (tertiary/aromatic N) is 2. The molecule has 0 unspecified atom stereocenters. The van der Waals surface area contributed by atoms with Crippen molar-refractivity contribution >= 4 is 22.9 Å². The monoisotopic (exact) mass is 304 g/mol. The average molecular weight is 304 g/mol. The quantitative estimate of drug-likeness (QED) is 0.871. The van der Waals surface area contributed by atoms with Crippen LogP contribution in [0.3, 0.4) is 0 Å². The molecule has 0 radical (unpaired) electrons. The van der Waals surface area contributed by atoms with Crippen LogP contribution >= 0.6 is 11.3 Å². The molecule has 6 heteroatoms. The van der Waals surface area contributed by atoms with Gasteiger partial charge in [-0.2, -0.15) is 0 Å². The van der Waals surface area contributed by atoms with Crippen molar-refractivity contribution in [1.29, 1.82) is 0 Å². The predicted octanol–water partition coefficient (Wildman–Crippen LogP) is 2.50. The molecule has 1 aliphatic rings. The third-order valence-electron chi connectivity index (χ3n) is 3.46. The lowest BCUT2D eigenvalue weighted by Gasteiger charge is -2.16. The van der Waals surface area contributed by atoms with Crippen LogP contribution in [-0.2, 0) is 17.8 Å². The number of carbonyl (C=O) groups excluding carboxylic acids is 1. The van der Waals surface area contributed by atoms with E-state index in [1.165, 1.54) is 11.3 Å². The van der Waals surface area contributed by atoms with Gasteiger partial charge in [-0.05, 0) is 30.2 Å². The van der Waals surface area contributed by atoms with Gasteiger partial charge in [0.25, 0.3) is 5.91 Å². The van der Waals surface area contributed by atoms with E-state index in [1.54, 1.807) is 25.3 Å². The molecule has 1 aliphatic heterocycles. The number of benzene rings is 1. The number of hydrogen-bond donors (Lipinski definition) is 0. The highest BCUT2D eigenvalue weighted by molar-refractivity contribution is 7.13. The van der Waals surface area contributed by atoms with Crippen LogP contribution in [0.4, 0.5) is 5.69 Å². The summed E-state index contributed by atoms with van der Waals surface area (Å²) in [5, 5.41) is 0.815. The summed E-state index contributed by atoms with van der Waals surface area (Å²) in [6.45, 7) is 1.13. The van der Waals surface area contributed by atoms with E-state index in [4.69, 9.17) is 9.47 Å². The fraction of sp³-hybridized carbons (Fsp3) is 0.333. The van der Waals surface area contributed by atoms with Gasteiger partial charge in [0.1, 0.15) is 15.6 Å². The second-order valence-electron chi connectivity index (χ2n) is 4.75. The van der Waals surface area contributed by atoms with Crippen molar-refractivity contribution in [1.82, 2.24) is 4.98 Å². The zero-order chi connectivity index (χ0) is 14.8. The molecule has 0 N–H and O–H groups in total. The Morgan fingerprint density at radius 2 is 2.29 bits per heavy atom. The Bertz CT molecular complexity index is 669. The lowest BCUT2D eigenvalue weighted by Crippen LogP contribution is -2.28. The number of rotatable bonds is 4. The number of hydrogen-bond acceptors (Lipinski definition) is 5. The Kier molecular flexibility index (Phi) is 3.90. The molecule has 0 aliphatic carbocycles. The third-order valence-corrected chi connectivity index (χ3v) is 4.42.